The number of fused-ring (bicyclic) bond motifs is 1. The molecular weight excluding hydrogens is 773 g/mol. The Morgan fingerprint density at radius 3 is 1.23 bits per heavy atom. The lowest BCUT2D eigenvalue weighted by Gasteiger charge is -2.09. The van der Waals surface area contributed by atoms with E-state index in [2.05, 4.69) is 6.92 Å². The summed E-state index contributed by atoms with van der Waals surface area (Å²) in [5.41, 5.74) is 2.02. The second-order valence-electron chi connectivity index (χ2n) is 13.9. The molecule has 0 heterocycles. The van der Waals surface area contributed by atoms with Crippen molar-refractivity contribution >= 4 is 39.7 Å². The molecule has 0 unspecified atom stereocenters. The van der Waals surface area contributed by atoms with Crippen molar-refractivity contribution < 1.29 is 47.7 Å². The minimum absolute atomic E-state index is 0.0186. The zero-order chi connectivity index (χ0) is 45.6. The lowest BCUT2D eigenvalue weighted by atomic mass is 10.0. The van der Waals surface area contributed by atoms with Gasteiger partial charge in [0.25, 0.3) is 0 Å². The monoisotopic (exact) mass is 836 g/mol. The number of ketones is 5. The molecule has 0 aromatic heterocycles. The van der Waals surface area contributed by atoms with Crippen LogP contribution in [0.25, 0.3) is 10.8 Å². The van der Waals surface area contributed by atoms with E-state index >= 15 is 0 Å². The van der Waals surface area contributed by atoms with Gasteiger partial charge in [0, 0.05) is 16.7 Å². The molecule has 0 fully saturated rings. The molecule has 0 saturated heterocycles. The van der Waals surface area contributed by atoms with Crippen molar-refractivity contribution in [3.05, 3.63) is 126 Å². The van der Waals surface area contributed by atoms with E-state index in [1.807, 2.05) is 84.9 Å². The van der Waals surface area contributed by atoms with Gasteiger partial charge in [0.15, 0.2) is 40.3 Å². The summed E-state index contributed by atoms with van der Waals surface area (Å²) in [6, 6.07) is 33.5. The summed E-state index contributed by atoms with van der Waals surface area (Å²) in [6.07, 6.45) is 7.80. The Labute approximate surface area is 362 Å². The molecule has 0 aliphatic rings. The zero-order valence-corrected chi connectivity index (χ0v) is 37.6. The number of methoxy groups -OCH3 is 4. The normalized spacial score (nSPS) is 9.67. The van der Waals surface area contributed by atoms with Crippen molar-refractivity contribution in [2.24, 2.45) is 0 Å². The average Bonchev–Trinajstić information content (AvgIpc) is 3.26. The summed E-state index contributed by atoms with van der Waals surface area (Å²) in [5.74, 6) is 4.04. The fourth-order valence-corrected chi connectivity index (χ4v) is 5.45. The second-order valence-corrected chi connectivity index (χ2v) is 13.9. The Kier molecular flexibility index (Phi) is 26.5. The van der Waals surface area contributed by atoms with Crippen LogP contribution in [0, 0.1) is 0 Å². The Morgan fingerprint density at radius 2 is 0.820 bits per heavy atom. The smallest absolute Gasteiger partial charge is 0.161 e. The molecule has 0 spiro atoms. The predicted molar refractivity (Wildman–Crippen MR) is 244 cm³/mol. The molecule has 5 rings (SSSR count). The quantitative estimate of drug-likeness (QED) is 0.0506. The van der Waals surface area contributed by atoms with Gasteiger partial charge in [0.05, 0.1) is 41.5 Å². The highest BCUT2D eigenvalue weighted by Crippen LogP contribution is 2.26. The molecule has 328 valence electrons. The third kappa shape index (κ3) is 22.0. The van der Waals surface area contributed by atoms with Crippen molar-refractivity contribution in [1.29, 1.82) is 0 Å². The first-order valence-corrected chi connectivity index (χ1v) is 20.3. The standard InChI is InChI=1S/C15H24O2.C13H12O2.C10H10O2.C8H10O2.C5H8O2/c1-3-4-5-6-7-10-13-17-15-12-9-8-11-14(15)16-2;1-9(14)10-3-4-12-8-13(15-2)6-5-11(12)7-10;1-7(11)9-3-5-10(6-4-9)8(2)12;1-9-7-5-3-4-6-8(7)10-2;1-4(6)3-5(2)7/h8-9,11-12H,3-7,10,13H2,1-2H3;3-8H,1-2H3;3-6H,1-2H3;3-6H,1-2H3;3H2,1-2H3. The summed E-state index contributed by atoms with van der Waals surface area (Å²) < 4.78 is 26.1. The first kappa shape index (κ1) is 52.7. The molecule has 5 aromatic carbocycles. The van der Waals surface area contributed by atoms with Crippen molar-refractivity contribution in [1.82, 2.24) is 0 Å². The molecule has 0 aliphatic heterocycles. The number of rotatable bonds is 17. The van der Waals surface area contributed by atoms with Gasteiger partial charge in [-0.1, -0.05) is 106 Å². The fourth-order valence-electron chi connectivity index (χ4n) is 5.45. The van der Waals surface area contributed by atoms with Crippen LogP contribution >= 0.6 is 0 Å². The van der Waals surface area contributed by atoms with Crippen LogP contribution in [-0.4, -0.2) is 64.0 Å². The lowest BCUT2D eigenvalue weighted by Crippen LogP contribution is -1.99. The molecule has 0 radical (unpaired) electrons. The van der Waals surface area contributed by atoms with Crippen molar-refractivity contribution in [3.63, 3.8) is 0 Å². The first-order chi connectivity index (χ1) is 29.2. The van der Waals surface area contributed by atoms with Crippen molar-refractivity contribution in [2.45, 2.75) is 86.5 Å². The highest BCUT2D eigenvalue weighted by molar-refractivity contribution is 5.99. The largest absolute Gasteiger partial charge is 0.497 e. The van der Waals surface area contributed by atoms with Crippen LogP contribution < -0.4 is 23.7 Å². The number of carbonyl (C=O) groups excluding carboxylic acids is 5. The van der Waals surface area contributed by atoms with E-state index in [1.54, 1.807) is 59.6 Å². The molecule has 0 amide bonds. The number of carbonyl (C=O) groups is 5. The Bertz CT molecular complexity index is 2020. The van der Waals surface area contributed by atoms with E-state index in [0.29, 0.717) is 11.1 Å². The van der Waals surface area contributed by atoms with Gasteiger partial charge < -0.3 is 23.7 Å². The minimum Gasteiger partial charge on any atom is -0.497 e. The molecule has 5 aromatic rings. The number of benzene rings is 5. The number of para-hydroxylation sites is 4. The first-order valence-electron chi connectivity index (χ1n) is 20.3. The van der Waals surface area contributed by atoms with E-state index in [0.717, 1.165) is 58.1 Å². The third-order valence-corrected chi connectivity index (χ3v) is 8.76. The molecule has 0 aliphatic carbocycles. The predicted octanol–water partition coefficient (Wildman–Crippen LogP) is 11.8. The van der Waals surface area contributed by atoms with Crippen LogP contribution in [0.15, 0.2) is 109 Å². The molecule has 0 atom stereocenters. The maximum atomic E-state index is 11.2. The summed E-state index contributed by atoms with van der Waals surface area (Å²) in [7, 11) is 6.56. The van der Waals surface area contributed by atoms with Gasteiger partial charge in [-0.25, -0.2) is 0 Å². The van der Waals surface area contributed by atoms with Crippen molar-refractivity contribution in [3.8, 4) is 28.7 Å². The summed E-state index contributed by atoms with van der Waals surface area (Å²) in [4.78, 5) is 52.9. The van der Waals surface area contributed by atoms with Gasteiger partial charge in [-0.2, -0.15) is 0 Å². The lowest BCUT2D eigenvalue weighted by molar-refractivity contribution is -0.124. The molecule has 61 heavy (non-hydrogen) atoms. The number of ether oxygens (including phenoxy) is 5. The summed E-state index contributed by atoms with van der Waals surface area (Å²) in [6.45, 7) is 10.4. The number of hydrogen-bond donors (Lipinski definition) is 0. The average molecular weight is 837 g/mol. The van der Waals surface area contributed by atoms with Gasteiger partial charge in [0.2, 0.25) is 0 Å². The van der Waals surface area contributed by atoms with Crippen LogP contribution in [-0.2, 0) is 9.59 Å². The highest BCUT2D eigenvalue weighted by atomic mass is 16.5. The molecular formula is C51H64O10. The summed E-state index contributed by atoms with van der Waals surface area (Å²) >= 11 is 0. The van der Waals surface area contributed by atoms with E-state index in [-0.39, 0.29) is 35.3 Å². The van der Waals surface area contributed by atoms with Gasteiger partial charge in [-0.05, 0) is 94.3 Å². The van der Waals surface area contributed by atoms with Gasteiger partial charge >= 0.3 is 0 Å². The van der Waals surface area contributed by atoms with Gasteiger partial charge in [-0.15, -0.1) is 0 Å². The van der Waals surface area contributed by atoms with Crippen LogP contribution in [0.1, 0.15) is 118 Å². The molecule has 10 heteroatoms. The SMILES string of the molecule is CC(=O)CC(C)=O.CC(=O)c1ccc(C(C)=O)cc1.CCCCCCCCOc1ccccc1OC.COc1ccc2cc(C(C)=O)ccc2c1.COc1ccccc1OC. The summed E-state index contributed by atoms with van der Waals surface area (Å²) in [5, 5.41) is 2.14. The van der Waals surface area contributed by atoms with Crippen molar-refractivity contribution in [2.75, 3.05) is 35.0 Å². The minimum atomic E-state index is -0.0625. The molecule has 0 bridgehead atoms. The number of Topliss-reactive ketones (excluding diaryl/α,β-unsaturated/α-hetero) is 5. The Balaban J connectivity index is 0.000000392. The van der Waals surface area contributed by atoms with Gasteiger partial charge in [-0.3, -0.25) is 24.0 Å². The molecule has 0 saturated carbocycles. The van der Waals surface area contributed by atoms with Gasteiger partial charge in [0.1, 0.15) is 17.3 Å². The van der Waals surface area contributed by atoms with Crippen LogP contribution in [0.5, 0.6) is 28.7 Å². The maximum absolute atomic E-state index is 11.2. The Hall–Kier alpha value is -6.29. The number of hydrogen-bond acceptors (Lipinski definition) is 10. The number of unbranched alkanes of at least 4 members (excludes halogenated alkanes) is 5. The van der Waals surface area contributed by atoms with E-state index in [4.69, 9.17) is 23.7 Å². The van der Waals surface area contributed by atoms with E-state index in [1.165, 1.54) is 59.8 Å². The van der Waals surface area contributed by atoms with E-state index < -0.39 is 0 Å². The van der Waals surface area contributed by atoms with Crippen LogP contribution in [0.4, 0.5) is 0 Å². The fraction of sp³-hybridized carbons (Fsp3) is 0.353. The van der Waals surface area contributed by atoms with E-state index in [9.17, 15) is 24.0 Å². The molecule has 10 nitrogen and oxygen atoms in total. The Morgan fingerprint density at radius 1 is 0.426 bits per heavy atom. The third-order valence-electron chi connectivity index (χ3n) is 8.76. The topological polar surface area (TPSA) is 132 Å². The van der Waals surface area contributed by atoms with Crippen LogP contribution in [0.3, 0.4) is 0 Å². The maximum Gasteiger partial charge on any atom is 0.161 e. The highest BCUT2D eigenvalue weighted by Gasteiger charge is 2.04. The zero-order valence-electron chi connectivity index (χ0n) is 37.6. The molecule has 0 N–H and O–H groups in total. The second kappa shape index (κ2) is 30.7. The van der Waals surface area contributed by atoms with Crippen LogP contribution in [0.2, 0.25) is 0 Å².